The minimum absolute atomic E-state index is 0.000854. The van der Waals surface area contributed by atoms with Crippen LogP contribution in [0.5, 0.6) is 0 Å². The molecule has 0 fully saturated rings. The number of carbonyl (C=O) groups is 2. The molecule has 1 rings (SSSR count). The van der Waals surface area contributed by atoms with Crippen LogP contribution in [0.4, 0.5) is 4.39 Å². The number of hydrogen-bond donors (Lipinski definition) is 2. The summed E-state index contributed by atoms with van der Waals surface area (Å²) < 4.78 is 13.3. The minimum Gasteiger partial charge on any atom is -0.481 e. The average molecular weight is 308 g/mol. The van der Waals surface area contributed by atoms with E-state index in [1.807, 2.05) is 0 Å². The molecule has 0 bridgehead atoms. The van der Waals surface area contributed by atoms with Crippen molar-refractivity contribution in [3.05, 3.63) is 33.6 Å². The molecule has 0 aliphatic rings. The van der Waals surface area contributed by atoms with Crippen LogP contribution in [-0.4, -0.2) is 23.0 Å². The Hall–Kier alpha value is -1.33. The van der Waals surface area contributed by atoms with Crippen molar-refractivity contribution in [1.29, 1.82) is 0 Å². The fourth-order valence-corrected chi connectivity index (χ4v) is 1.79. The Kier molecular flexibility index (Phi) is 5.14. The second-order valence-corrected chi connectivity index (χ2v) is 4.95. The first kappa shape index (κ1) is 15.7. The van der Waals surface area contributed by atoms with Gasteiger partial charge in [0.25, 0.3) is 5.91 Å². The van der Waals surface area contributed by atoms with Crippen molar-refractivity contribution >= 4 is 35.1 Å². The topological polar surface area (TPSA) is 66.4 Å². The maximum atomic E-state index is 13.3. The molecule has 0 radical (unpaired) electrons. The molecule has 0 aromatic heterocycles. The number of amides is 1. The minimum atomic E-state index is -1.04. The van der Waals surface area contributed by atoms with E-state index in [0.717, 1.165) is 12.1 Å². The van der Waals surface area contributed by atoms with Crippen LogP contribution < -0.4 is 5.32 Å². The first-order valence-electron chi connectivity index (χ1n) is 5.42. The Morgan fingerprint density at radius 2 is 1.84 bits per heavy atom. The Morgan fingerprint density at radius 3 is 2.37 bits per heavy atom. The van der Waals surface area contributed by atoms with E-state index in [1.54, 1.807) is 0 Å². The molecule has 7 heteroatoms. The zero-order valence-electron chi connectivity index (χ0n) is 10.2. The van der Waals surface area contributed by atoms with Crippen molar-refractivity contribution in [3.8, 4) is 0 Å². The highest BCUT2D eigenvalue weighted by atomic mass is 35.5. The van der Waals surface area contributed by atoms with E-state index in [-0.39, 0.29) is 15.6 Å². The Morgan fingerprint density at radius 1 is 1.26 bits per heavy atom. The number of benzene rings is 1. The molecule has 0 aliphatic carbocycles. The van der Waals surface area contributed by atoms with E-state index < -0.39 is 29.7 Å². The van der Waals surface area contributed by atoms with Crippen molar-refractivity contribution in [2.45, 2.75) is 19.9 Å². The van der Waals surface area contributed by atoms with E-state index in [0.29, 0.717) is 0 Å². The van der Waals surface area contributed by atoms with E-state index in [4.69, 9.17) is 28.3 Å². The van der Waals surface area contributed by atoms with E-state index in [2.05, 4.69) is 5.32 Å². The molecule has 0 spiro atoms. The summed E-state index contributed by atoms with van der Waals surface area (Å²) in [6.45, 7) is 2.99. The summed E-state index contributed by atoms with van der Waals surface area (Å²) in [5.74, 6) is -3.24. The molecule has 2 atom stereocenters. The maximum absolute atomic E-state index is 13.3. The predicted molar refractivity (Wildman–Crippen MR) is 70.1 cm³/mol. The van der Waals surface area contributed by atoms with E-state index in [9.17, 15) is 14.0 Å². The summed E-state index contributed by atoms with van der Waals surface area (Å²) in [5, 5.41) is 11.1. The Bertz CT molecular complexity index is 522. The van der Waals surface area contributed by atoms with Crippen LogP contribution in [0.1, 0.15) is 24.2 Å². The zero-order valence-corrected chi connectivity index (χ0v) is 11.7. The number of rotatable bonds is 4. The smallest absolute Gasteiger partial charge is 0.308 e. The van der Waals surface area contributed by atoms with Crippen LogP contribution in [0.15, 0.2) is 12.1 Å². The molecule has 19 heavy (non-hydrogen) atoms. The number of carbonyl (C=O) groups excluding carboxylic acids is 1. The number of hydrogen-bond acceptors (Lipinski definition) is 2. The first-order chi connectivity index (χ1) is 8.73. The van der Waals surface area contributed by atoms with Gasteiger partial charge in [-0.25, -0.2) is 4.39 Å². The van der Waals surface area contributed by atoms with Gasteiger partial charge < -0.3 is 10.4 Å². The SMILES string of the molecule is CC(NC(=O)c1cc(F)c(Cl)cc1Cl)C(C)C(=O)O. The van der Waals surface area contributed by atoms with Crippen molar-refractivity contribution in [2.75, 3.05) is 0 Å². The molecule has 2 N–H and O–H groups in total. The molecule has 2 unspecified atom stereocenters. The van der Waals surface area contributed by atoms with Crippen molar-refractivity contribution in [3.63, 3.8) is 0 Å². The zero-order chi connectivity index (χ0) is 14.7. The summed E-state index contributed by atoms with van der Waals surface area (Å²) in [6, 6.07) is 1.41. The van der Waals surface area contributed by atoms with Crippen molar-refractivity contribution < 1.29 is 19.1 Å². The molecular weight excluding hydrogens is 296 g/mol. The van der Waals surface area contributed by atoms with Gasteiger partial charge in [-0.05, 0) is 26.0 Å². The van der Waals surface area contributed by atoms with Gasteiger partial charge in [0, 0.05) is 6.04 Å². The highest BCUT2D eigenvalue weighted by Crippen LogP contribution is 2.24. The molecular formula is C12H12Cl2FNO3. The van der Waals surface area contributed by atoms with Gasteiger partial charge in [-0.1, -0.05) is 23.2 Å². The van der Waals surface area contributed by atoms with Crippen LogP contribution in [0.25, 0.3) is 0 Å². The monoisotopic (exact) mass is 307 g/mol. The lowest BCUT2D eigenvalue weighted by Crippen LogP contribution is -2.40. The Balaban J connectivity index is 2.90. The largest absolute Gasteiger partial charge is 0.481 e. The summed E-state index contributed by atoms with van der Waals surface area (Å²) in [6.07, 6.45) is 0. The standard InChI is InChI=1S/C12H12Cl2FNO3/c1-5(12(18)19)6(2)16-11(17)7-3-10(15)9(14)4-8(7)13/h3-6H,1-2H3,(H,16,17)(H,18,19). The lowest BCUT2D eigenvalue weighted by atomic mass is 10.0. The van der Waals surface area contributed by atoms with Crippen molar-refractivity contribution in [2.24, 2.45) is 5.92 Å². The third-order valence-corrected chi connectivity index (χ3v) is 3.36. The third kappa shape index (κ3) is 3.81. The number of halogens is 3. The van der Waals surface area contributed by atoms with Gasteiger partial charge in [0.05, 0.1) is 21.5 Å². The number of carboxylic acids is 1. The average Bonchev–Trinajstić information content (AvgIpc) is 2.32. The number of nitrogens with one attached hydrogen (secondary N) is 1. The molecule has 0 heterocycles. The molecule has 104 valence electrons. The fourth-order valence-electron chi connectivity index (χ4n) is 1.32. The van der Waals surface area contributed by atoms with Gasteiger partial charge in [-0.3, -0.25) is 9.59 Å². The summed E-state index contributed by atoms with van der Waals surface area (Å²) in [7, 11) is 0. The van der Waals surface area contributed by atoms with Crippen LogP contribution in [0, 0.1) is 11.7 Å². The van der Waals surface area contributed by atoms with Crippen LogP contribution in [-0.2, 0) is 4.79 Å². The van der Waals surface area contributed by atoms with Gasteiger partial charge in [0.1, 0.15) is 5.82 Å². The van der Waals surface area contributed by atoms with Gasteiger partial charge in [0.2, 0.25) is 0 Å². The normalized spacial score (nSPS) is 13.7. The fraction of sp³-hybridized carbons (Fsp3) is 0.333. The second-order valence-electron chi connectivity index (χ2n) is 4.14. The molecule has 0 saturated carbocycles. The van der Waals surface area contributed by atoms with Crippen LogP contribution in [0.3, 0.4) is 0 Å². The number of carboxylic acid groups (broad SMARTS) is 1. The molecule has 0 aliphatic heterocycles. The summed E-state index contributed by atoms with van der Waals surface area (Å²) in [4.78, 5) is 22.6. The van der Waals surface area contributed by atoms with Crippen LogP contribution >= 0.6 is 23.2 Å². The lowest BCUT2D eigenvalue weighted by molar-refractivity contribution is -0.141. The highest BCUT2D eigenvalue weighted by molar-refractivity contribution is 6.36. The molecule has 0 saturated heterocycles. The maximum Gasteiger partial charge on any atom is 0.308 e. The molecule has 1 aromatic carbocycles. The van der Waals surface area contributed by atoms with Gasteiger partial charge in [-0.15, -0.1) is 0 Å². The van der Waals surface area contributed by atoms with E-state index in [1.165, 1.54) is 13.8 Å². The second kappa shape index (κ2) is 6.21. The molecule has 1 aromatic rings. The first-order valence-corrected chi connectivity index (χ1v) is 6.17. The molecule has 1 amide bonds. The highest BCUT2D eigenvalue weighted by Gasteiger charge is 2.23. The van der Waals surface area contributed by atoms with Crippen LogP contribution in [0.2, 0.25) is 10.0 Å². The quantitative estimate of drug-likeness (QED) is 0.840. The third-order valence-electron chi connectivity index (χ3n) is 2.75. The summed E-state index contributed by atoms with van der Waals surface area (Å²) in [5.41, 5.74) is -0.0898. The molecule has 4 nitrogen and oxygen atoms in total. The van der Waals surface area contributed by atoms with Gasteiger partial charge in [0.15, 0.2) is 0 Å². The van der Waals surface area contributed by atoms with Crippen molar-refractivity contribution in [1.82, 2.24) is 5.32 Å². The van der Waals surface area contributed by atoms with E-state index >= 15 is 0 Å². The predicted octanol–water partition coefficient (Wildman–Crippen LogP) is 2.97. The van der Waals surface area contributed by atoms with Gasteiger partial charge >= 0.3 is 5.97 Å². The lowest BCUT2D eigenvalue weighted by Gasteiger charge is -2.18. The summed E-state index contributed by atoms with van der Waals surface area (Å²) >= 11 is 11.3. The number of aliphatic carboxylic acids is 1. The van der Waals surface area contributed by atoms with Gasteiger partial charge in [-0.2, -0.15) is 0 Å². The Labute approximate surface area is 119 Å².